The van der Waals surface area contributed by atoms with Gasteiger partial charge in [-0.05, 0) is 116 Å². The zero-order valence-corrected chi connectivity index (χ0v) is 28.0. The van der Waals surface area contributed by atoms with Gasteiger partial charge in [0, 0.05) is 32.2 Å². The summed E-state index contributed by atoms with van der Waals surface area (Å²) in [6, 6.07) is 12.3. The van der Waals surface area contributed by atoms with Crippen LogP contribution in [0.15, 0.2) is 58.7 Å². The van der Waals surface area contributed by atoms with E-state index < -0.39 is 6.09 Å². The Labute approximate surface area is 280 Å². The van der Waals surface area contributed by atoms with Crippen LogP contribution >= 0.6 is 0 Å². The van der Waals surface area contributed by atoms with E-state index in [-0.39, 0.29) is 30.4 Å². The number of amides is 2. The van der Waals surface area contributed by atoms with Crippen LogP contribution in [0.2, 0.25) is 0 Å². The van der Waals surface area contributed by atoms with Crippen molar-refractivity contribution >= 4 is 29.2 Å². The first kappa shape index (κ1) is 33.3. The molecule has 1 N–H and O–H groups in total. The Kier molecular flexibility index (Phi) is 10.2. The van der Waals surface area contributed by atoms with Gasteiger partial charge >= 0.3 is 6.09 Å². The summed E-state index contributed by atoms with van der Waals surface area (Å²) in [6.07, 6.45) is 5.44. The number of furan rings is 1. The third kappa shape index (κ3) is 7.27. The largest absolute Gasteiger partial charge is 0.493 e. The summed E-state index contributed by atoms with van der Waals surface area (Å²) in [5.41, 5.74) is 4.66. The van der Waals surface area contributed by atoms with Crippen LogP contribution in [0.25, 0.3) is 17.2 Å². The number of rotatable bonds is 9. The number of carbonyl (C=O) groups is 2. The number of hydrogen-bond acceptors (Lipinski definition) is 8. The van der Waals surface area contributed by atoms with Gasteiger partial charge in [0.2, 0.25) is 11.7 Å². The molecule has 0 spiro atoms. The highest BCUT2D eigenvalue weighted by Crippen LogP contribution is 2.45. The van der Waals surface area contributed by atoms with E-state index in [1.165, 1.54) is 26.4 Å². The first-order valence-corrected chi connectivity index (χ1v) is 16.4. The summed E-state index contributed by atoms with van der Waals surface area (Å²) in [5.74, 6) is 0.964. The Morgan fingerprint density at radius 2 is 1.69 bits per heavy atom. The SMILES string of the molecule is COc1cc(/C=C2/C(C)=C(CC(=O)NCc3ccco3)c3cc(F)ccc32)cc(OC)c1OC(=O)N1CCN(C2CCN(C)CC2)CC1. The van der Waals surface area contributed by atoms with Crippen molar-refractivity contribution in [3.05, 3.63) is 82.6 Å². The van der Waals surface area contributed by atoms with Crippen molar-refractivity contribution in [1.82, 2.24) is 20.0 Å². The third-order valence-corrected chi connectivity index (χ3v) is 9.59. The van der Waals surface area contributed by atoms with Crippen molar-refractivity contribution < 1.29 is 32.6 Å². The zero-order chi connectivity index (χ0) is 33.8. The summed E-state index contributed by atoms with van der Waals surface area (Å²) in [6.45, 7) is 7.21. The molecule has 2 aliphatic heterocycles. The molecule has 3 heterocycles. The number of ether oxygens (including phenoxy) is 3. The minimum Gasteiger partial charge on any atom is -0.493 e. The maximum atomic E-state index is 14.4. The number of nitrogens with one attached hydrogen (secondary N) is 1. The van der Waals surface area contributed by atoms with E-state index in [1.54, 1.807) is 41.5 Å². The minimum absolute atomic E-state index is 0.0775. The van der Waals surface area contributed by atoms with Gasteiger partial charge in [0.05, 0.1) is 33.4 Å². The maximum Gasteiger partial charge on any atom is 0.415 e. The molecule has 2 amide bonds. The number of benzene rings is 2. The van der Waals surface area contributed by atoms with E-state index >= 15 is 0 Å². The van der Waals surface area contributed by atoms with Crippen molar-refractivity contribution in [2.45, 2.75) is 38.8 Å². The summed E-state index contributed by atoms with van der Waals surface area (Å²) >= 11 is 0. The van der Waals surface area contributed by atoms with Gasteiger partial charge in [-0.1, -0.05) is 6.07 Å². The number of carbonyl (C=O) groups excluding carboxylic acids is 2. The molecule has 11 heteroatoms. The molecule has 0 atom stereocenters. The van der Waals surface area contributed by atoms with Crippen LogP contribution < -0.4 is 19.5 Å². The average molecular weight is 659 g/mol. The van der Waals surface area contributed by atoms with Crippen molar-refractivity contribution in [3.8, 4) is 17.2 Å². The van der Waals surface area contributed by atoms with Crippen LogP contribution in [0.1, 0.15) is 48.6 Å². The van der Waals surface area contributed by atoms with E-state index in [1.807, 2.05) is 13.0 Å². The van der Waals surface area contributed by atoms with E-state index in [0.29, 0.717) is 42.0 Å². The second-order valence-electron chi connectivity index (χ2n) is 12.6. The fourth-order valence-corrected chi connectivity index (χ4v) is 6.84. The lowest BCUT2D eigenvalue weighted by atomic mass is 10.00. The summed E-state index contributed by atoms with van der Waals surface area (Å²) in [4.78, 5) is 32.8. The van der Waals surface area contributed by atoms with Gasteiger partial charge in [-0.25, -0.2) is 9.18 Å². The first-order chi connectivity index (χ1) is 23.2. The highest BCUT2D eigenvalue weighted by Gasteiger charge is 2.30. The second kappa shape index (κ2) is 14.7. The average Bonchev–Trinajstić information content (AvgIpc) is 3.71. The molecule has 0 saturated carbocycles. The molecule has 0 bridgehead atoms. The lowest BCUT2D eigenvalue weighted by Gasteiger charge is -2.41. The van der Waals surface area contributed by atoms with Crippen molar-refractivity contribution in [2.75, 3.05) is 60.5 Å². The number of halogens is 1. The summed E-state index contributed by atoms with van der Waals surface area (Å²) in [5, 5.41) is 2.87. The Balaban J connectivity index is 1.19. The summed E-state index contributed by atoms with van der Waals surface area (Å²) in [7, 11) is 5.19. The molecule has 254 valence electrons. The molecule has 3 aliphatic rings. The van der Waals surface area contributed by atoms with E-state index in [2.05, 4.69) is 22.2 Å². The number of piperidine rings is 1. The Morgan fingerprint density at radius 1 is 0.979 bits per heavy atom. The number of fused-ring (bicyclic) bond motifs is 1. The second-order valence-corrected chi connectivity index (χ2v) is 12.6. The molecule has 1 aliphatic carbocycles. The Hall–Kier alpha value is -4.61. The quantitative estimate of drug-likeness (QED) is 0.314. The third-order valence-electron chi connectivity index (χ3n) is 9.59. The molecule has 10 nitrogen and oxygen atoms in total. The van der Waals surface area contributed by atoms with Crippen LogP contribution in [0.3, 0.4) is 0 Å². The molecule has 2 aromatic carbocycles. The van der Waals surface area contributed by atoms with Gasteiger partial charge in [-0.2, -0.15) is 0 Å². The molecule has 48 heavy (non-hydrogen) atoms. The molecule has 2 fully saturated rings. The van der Waals surface area contributed by atoms with Crippen LogP contribution in [-0.4, -0.2) is 93.3 Å². The molecule has 1 aromatic heterocycles. The fraction of sp³-hybridized carbons (Fsp3) is 0.405. The molecule has 2 saturated heterocycles. The van der Waals surface area contributed by atoms with Gasteiger partial charge in [0.1, 0.15) is 11.6 Å². The Morgan fingerprint density at radius 3 is 2.33 bits per heavy atom. The fourth-order valence-electron chi connectivity index (χ4n) is 6.84. The molecule has 0 unspecified atom stereocenters. The molecular weight excluding hydrogens is 615 g/mol. The van der Waals surface area contributed by atoms with Crippen LogP contribution in [0.5, 0.6) is 17.2 Å². The van der Waals surface area contributed by atoms with Gasteiger partial charge in [-0.15, -0.1) is 0 Å². The Bertz CT molecular complexity index is 1680. The molecule has 6 rings (SSSR count). The number of likely N-dealkylation sites (tertiary alicyclic amines) is 1. The normalized spacial score (nSPS) is 18.3. The monoisotopic (exact) mass is 658 g/mol. The topological polar surface area (TPSA) is 96.7 Å². The van der Waals surface area contributed by atoms with Gasteiger partial charge in [0.25, 0.3) is 0 Å². The minimum atomic E-state index is -0.443. The van der Waals surface area contributed by atoms with Crippen LogP contribution in [0, 0.1) is 5.82 Å². The smallest absolute Gasteiger partial charge is 0.415 e. The first-order valence-electron chi connectivity index (χ1n) is 16.4. The number of methoxy groups -OCH3 is 2. The lowest BCUT2D eigenvalue weighted by molar-refractivity contribution is -0.120. The molecule has 0 radical (unpaired) electrons. The number of allylic oxidation sites excluding steroid dienone is 2. The van der Waals surface area contributed by atoms with Gasteiger partial charge in [-0.3, -0.25) is 9.69 Å². The van der Waals surface area contributed by atoms with Crippen molar-refractivity contribution in [1.29, 1.82) is 0 Å². The van der Waals surface area contributed by atoms with E-state index in [9.17, 15) is 14.0 Å². The van der Waals surface area contributed by atoms with Gasteiger partial charge < -0.3 is 33.7 Å². The molecule has 3 aromatic rings. The van der Waals surface area contributed by atoms with E-state index in [4.69, 9.17) is 18.6 Å². The summed E-state index contributed by atoms with van der Waals surface area (Å²) < 4.78 is 37.1. The van der Waals surface area contributed by atoms with E-state index in [0.717, 1.165) is 66.9 Å². The van der Waals surface area contributed by atoms with Crippen molar-refractivity contribution in [2.24, 2.45) is 0 Å². The maximum absolute atomic E-state index is 14.4. The highest BCUT2D eigenvalue weighted by molar-refractivity contribution is 6.08. The predicted octanol–water partition coefficient (Wildman–Crippen LogP) is 5.68. The molecular formula is C37H43FN4O6. The van der Waals surface area contributed by atoms with Crippen LogP contribution in [-0.2, 0) is 11.3 Å². The predicted molar refractivity (Wildman–Crippen MR) is 181 cm³/mol. The van der Waals surface area contributed by atoms with Crippen LogP contribution in [0.4, 0.5) is 9.18 Å². The van der Waals surface area contributed by atoms with Crippen molar-refractivity contribution in [3.63, 3.8) is 0 Å². The standard InChI is InChI=1S/C37H43FN4O6/c1-24-30(29-8-7-26(38)21-32(29)31(24)22-35(43)39-23-28-6-5-17-47-28)18-25-19-33(45-3)36(34(20-25)46-4)48-37(44)42-15-13-41(14-16-42)27-9-11-40(2)12-10-27/h5-8,17-21,27H,9-16,22-23H2,1-4H3,(H,39,43)/b30-18-. The number of hydrogen-bond donors (Lipinski definition) is 1. The lowest BCUT2D eigenvalue weighted by Crippen LogP contribution is -2.54. The highest BCUT2D eigenvalue weighted by atomic mass is 19.1. The zero-order valence-electron chi connectivity index (χ0n) is 28.0. The van der Waals surface area contributed by atoms with Gasteiger partial charge in [0.15, 0.2) is 11.5 Å². The number of piperazine rings is 1. The number of nitrogens with zero attached hydrogens (tertiary/aromatic N) is 3.